The highest BCUT2D eigenvalue weighted by molar-refractivity contribution is 7.97. The summed E-state index contributed by atoms with van der Waals surface area (Å²) in [5.74, 6) is -0.811. The van der Waals surface area contributed by atoms with E-state index in [0.29, 0.717) is 11.5 Å². The van der Waals surface area contributed by atoms with E-state index in [1.54, 1.807) is 48.5 Å². The lowest BCUT2D eigenvalue weighted by Crippen LogP contribution is -2.41. The van der Waals surface area contributed by atoms with E-state index in [0.717, 1.165) is 15.9 Å². The predicted octanol–water partition coefficient (Wildman–Crippen LogP) is 5.36. The zero-order valence-corrected chi connectivity index (χ0v) is 21.4. The van der Waals surface area contributed by atoms with Gasteiger partial charge in [-0.25, -0.2) is 9.59 Å². The van der Waals surface area contributed by atoms with E-state index in [1.807, 2.05) is 103 Å². The zero-order chi connectivity index (χ0) is 26.2. The highest BCUT2D eigenvalue weighted by Gasteiger charge is 2.39. The third-order valence-electron chi connectivity index (χ3n) is 6.06. The second-order valence-corrected chi connectivity index (χ2v) is 11.8. The lowest BCUT2D eigenvalue weighted by molar-refractivity contribution is -0.131. The summed E-state index contributed by atoms with van der Waals surface area (Å²) in [5, 5.41) is 2.46. The summed E-state index contributed by atoms with van der Waals surface area (Å²) in [7, 11) is 0. The fourth-order valence-corrected chi connectivity index (χ4v) is 8.60. The molecule has 0 amide bonds. The van der Waals surface area contributed by atoms with Crippen LogP contribution in [0.5, 0.6) is 11.5 Å². The maximum Gasteiger partial charge on any atom is 0.352 e. The molecule has 0 saturated heterocycles. The number of para-hydroxylation sites is 2. The Labute approximate surface area is 222 Å². The molecule has 5 aromatic carbocycles. The molecule has 5 heteroatoms. The maximum absolute atomic E-state index is 14.2. The lowest BCUT2D eigenvalue weighted by atomic mass is 10.3. The molecule has 0 unspecified atom stereocenters. The minimum absolute atomic E-state index is 0.0474. The molecule has 186 valence electrons. The Morgan fingerprint density at radius 2 is 0.658 bits per heavy atom. The molecule has 5 rings (SSSR count). The standard InChI is InChI=1S/C33H25O4P/c34-32(36-26-16-6-1-7-17-26)31(33(35)37-27-18-8-2-9-19-27)38(28-20-10-3-11-21-28,29-22-12-4-13-23-29)30-24-14-5-15-25-30/h1-25H. The van der Waals surface area contributed by atoms with Crippen molar-refractivity contribution in [2.45, 2.75) is 0 Å². The van der Waals surface area contributed by atoms with Crippen molar-refractivity contribution in [1.29, 1.82) is 0 Å². The summed E-state index contributed by atoms with van der Waals surface area (Å²) < 4.78 is 11.7. The normalized spacial score (nSPS) is 10.8. The van der Waals surface area contributed by atoms with Gasteiger partial charge >= 0.3 is 11.9 Å². The van der Waals surface area contributed by atoms with Crippen molar-refractivity contribution >= 4 is 40.0 Å². The lowest BCUT2D eigenvalue weighted by Gasteiger charge is -2.31. The Bertz CT molecular complexity index is 1410. The quantitative estimate of drug-likeness (QED) is 0.126. The first-order valence-corrected chi connectivity index (χ1v) is 14.0. The van der Waals surface area contributed by atoms with Crippen LogP contribution in [-0.4, -0.2) is 17.2 Å². The average molecular weight is 517 g/mol. The number of rotatable bonds is 7. The molecule has 0 N–H and O–H groups in total. The highest BCUT2D eigenvalue weighted by atomic mass is 31.2. The Balaban J connectivity index is 1.89. The SMILES string of the molecule is O=C(Oc1ccccc1)C(C(=O)Oc1ccccc1)=P(c1ccccc1)(c1ccccc1)c1ccccc1. The summed E-state index contributed by atoms with van der Waals surface area (Å²) in [6, 6.07) is 46.5. The van der Waals surface area contributed by atoms with Gasteiger partial charge in [-0.1, -0.05) is 127 Å². The van der Waals surface area contributed by atoms with Crippen molar-refractivity contribution in [2.24, 2.45) is 0 Å². The Kier molecular flexibility index (Phi) is 7.63. The van der Waals surface area contributed by atoms with E-state index in [1.165, 1.54) is 0 Å². The largest absolute Gasteiger partial charge is 0.423 e. The van der Waals surface area contributed by atoms with E-state index in [-0.39, 0.29) is 5.29 Å². The molecular formula is C33H25O4P. The molecule has 0 heterocycles. The Morgan fingerprint density at radius 1 is 0.395 bits per heavy atom. The van der Waals surface area contributed by atoms with Gasteiger partial charge in [-0.3, -0.25) is 0 Å². The van der Waals surface area contributed by atoms with Crippen LogP contribution in [0.3, 0.4) is 0 Å². The molecule has 38 heavy (non-hydrogen) atoms. The summed E-state index contributed by atoms with van der Waals surface area (Å²) in [5.41, 5.74) is 0. The second-order valence-electron chi connectivity index (χ2n) is 8.43. The van der Waals surface area contributed by atoms with Gasteiger partial charge in [-0.2, -0.15) is 0 Å². The first-order valence-electron chi connectivity index (χ1n) is 12.2. The molecular weight excluding hydrogens is 491 g/mol. The van der Waals surface area contributed by atoms with Crippen LogP contribution in [0.15, 0.2) is 152 Å². The smallest absolute Gasteiger partial charge is 0.352 e. The zero-order valence-electron chi connectivity index (χ0n) is 20.5. The minimum Gasteiger partial charge on any atom is -0.423 e. The van der Waals surface area contributed by atoms with Gasteiger partial charge in [0, 0.05) is 0 Å². The van der Waals surface area contributed by atoms with Crippen LogP contribution in [0.4, 0.5) is 0 Å². The van der Waals surface area contributed by atoms with Gasteiger partial charge in [0.25, 0.3) is 0 Å². The van der Waals surface area contributed by atoms with Crippen LogP contribution < -0.4 is 25.4 Å². The van der Waals surface area contributed by atoms with Crippen molar-refractivity contribution in [2.75, 3.05) is 0 Å². The van der Waals surface area contributed by atoms with Crippen molar-refractivity contribution in [3.8, 4) is 11.5 Å². The number of ether oxygens (including phenoxy) is 2. The van der Waals surface area contributed by atoms with E-state index >= 15 is 0 Å². The molecule has 5 aromatic rings. The number of esters is 2. The summed E-state index contributed by atoms with van der Waals surface area (Å²) >= 11 is 0. The molecule has 0 atom stereocenters. The highest BCUT2D eigenvalue weighted by Crippen LogP contribution is 2.46. The molecule has 0 spiro atoms. The number of carbonyl (C=O) groups excluding carboxylic acids is 2. The van der Waals surface area contributed by atoms with Gasteiger partial charge in [-0.05, 0) is 47.1 Å². The van der Waals surface area contributed by atoms with Gasteiger partial charge in [-0.15, -0.1) is 0 Å². The average Bonchev–Trinajstić information content (AvgIpc) is 2.98. The molecule has 0 saturated carbocycles. The monoisotopic (exact) mass is 516 g/mol. The number of benzene rings is 5. The van der Waals surface area contributed by atoms with Crippen molar-refractivity contribution in [3.63, 3.8) is 0 Å². The summed E-state index contributed by atoms with van der Waals surface area (Å²) in [6.07, 6.45) is 0. The van der Waals surface area contributed by atoms with E-state index in [9.17, 15) is 9.59 Å². The third kappa shape index (κ3) is 5.08. The molecule has 0 aliphatic rings. The molecule has 0 aromatic heterocycles. The topological polar surface area (TPSA) is 52.6 Å². The number of hydrogen-bond acceptors (Lipinski definition) is 4. The summed E-state index contributed by atoms with van der Waals surface area (Å²) in [6.45, 7) is -3.08. The maximum atomic E-state index is 14.2. The first-order chi connectivity index (χ1) is 18.7. The van der Waals surface area contributed by atoms with Crippen LogP contribution in [0.25, 0.3) is 0 Å². The van der Waals surface area contributed by atoms with Gasteiger partial charge in [0.05, 0.1) is 0 Å². The molecule has 0 radical (unpaired) electrons. The van der Waals surface area contributed by atoms with E-state index < -0.39 is 18.8 Å². The van der Waals surface area contributed by atoms with Crippen molar-refractivity contribution < 1.29 is 19.1 Å². The van der Waals surface area contributed by atoms with Crippen molar-refractivity contribution in [1.82, 2.24) is 0 Å². The fourth-order valence-electron chi connectivity index (χ4n) is 4.43. The van der Waals surface area contributed by atoms with Crippen LogP contribution in [0.1, 0.15) is 0 Å². The molecule has 0 aliphatic carbocycles. The first kappa shape index (κ1) is 25.0. The summed E-state index contributed by atoms with van der Waals surface area (Å²) in [4.78, 5) is 28.4. The molecule has 4 nitrogen and oxygen atoms in total. The Hall–Kier alpha value is -4.66. The van der Waals surface area contributed by atoms with Crippen LogP contribution >= 0.6 is 6.89 Å². The van der Waals surface area contributed by atoms with Crippen LogP contribution in [-0.2, 0) is 9.59 Å². The molecule has 0 fully saturated rings. The molecule has 0 bridgehead atoms. The van der Waals surface area contributed by atoms with Crippen LogP contribution in [0, 0.1) is 0 Å². The van der Waals surface area contributed by atoms with Crippen molar-refractivity contribution in [3.05, 3.63) is 152 Å². The minimum atomic E-state index is -3.08. The third-order valence-corrected chi connectivity index (χ3v) is 10.3. The second kappa shape index (κ2) is 11.6. The van der Waals surface area contributed by atoms with Crippen LogP contribution in [0.2, 0.25) is 0 Å². The van der Waals surface area contributed by atoms with E-state index in [4.69, 9.17) is 9.47 Å². The predicted molar refractivity (Wildman–Crippen MR) is 154 cm³/mol. The molecule has 0 aliphatic heterocycles. The van der Waals surface area contributed by atoms with Gasteiger partial charge < -0.3 is 9.47 Å². The Morgan fingerprint density at radius 3 is 0.947 bits per heavy atom. The van der Waals surface area contributed by atoms with E-state index in [2.05, 4.69) is 0 Å². The van der Waals surface area contributed by atoms with Gasteiger partial charge in [0.2, 0.25) is 0 Å². The number of hydrogen-bond donors (Lipinski definition) is 0. The van der Waals surface area contributed by atoms with Gasteiger partial charge in [0.1, 0.15) is 11.5 Å². The fraction of sp³-hybridized carbons (Fsp3) is 0. The number of carbonyl (C=O) groups is 2. The van der Waals surface area contributed by atoms with Gasteiger partial charge in [0.15, 0.2) is 5.29 Å².